The summed E-state index contributed by atoms with van der Waals surface area (Å²) in [5.74, 6) is 0.899. The van der Waals surface area contributed by atoms with Crippen LogP contribution in [0.25, 0.3) is 0 Å². The predicted molar refractivity (Wildman–Crippen MR) is 84.7 cm³/mol. The molecule has 0 unspecified atom stereocenters. The van der Waals surface area contributed by atoms with Gasteiger partial charge in [-0.05, 0) is 36.1 Å². The third-order valence-electron chi connectivity index (χ3n) is 4.03. The van der Waals surface area contributed by atoms with Crippen molar-refractivity contribution in [2.24, 2.45) is 0 Å². The van der Waals surface area contributed by atoms with Crippen LogP contribution in [0.15, 0.2) is 42.5 Å². The smallest absolute Gasteiger partial charge is 0.255 e. The van der Waals surface area contributed by atoms with Crippen LogP contribution in [-0.2, 0) is 12.8 Å². The summed E-state index contributed by atoms with van der Waals surface area (Å²) in [5, 5.41) is 3.09. The van der Waals surface area contributed by atoms with Gasteiger partial charge < -0.3 is 14.8 Å². The molecule has 0 fully saturated rings. The third kappa shape index (κ3) is 2.64. The van der Waals surface area contributed by atoms with Crippen LogP contribution in [0.4, 0.5) is 0 Å². The number of amides is 1. The Bertz CT molecular complexity index is 671. The number of hydrogen-bond acceptors (Lipinski definition) is 3. The number of nitrogens with one attached hydrogen (secondary N) is 1. The fraction of sp³-hybridized carbons (Fsp3) is 0.278. The molecule has 22 heavy (non-hydrogen) atoms. The zero-order valence-corrected chi connectivity index (χ0v) is 12.8. The van der Waals surface area contributed by atoms with Gasteiger partial charge in [0.05, 0.1) is 19.8 Å². The van der Waals surface area contributed by atoms with Crippen molar-refractivity contribution in [1.82, 2.24) is 5.32 Å². The van der Waals surface area contributed by atoms with E-state index in [-0.39, 0.29) is 11.9 Å². The van der Waals surface area contributed by atoms with Gasteiger partial charge in [-0.3, -0.25) is 4.79 Å². The minimum absolute atomic E-state index is 0.126. The van der Waals surface area contributed by atoms with Gasteiger partial charge in [-0.2, -0.15) is 0 Å². The Kier molecular flexibility index (Phi) is 4.00. The Hall–Kier alpha value is -2.49. The lowest BCUT2D eigenvalue weighted by Gasteiger charge is -2.15. The van der Waals surface area contributed by atoms with Crippen molar-refractivity contribution in [2.75, 3.05) is 14.2 Å². The molecule has 1 N–H and O–H groups in total. The summed E-state index contributed by atoms with van der Waals surface area (Å²) >= 11 is 0. The van der Waals surface area contributed by atoms with Gasteiger partial charge in [0.2, 0.25) is 0 Å². The van der Waals surface area contributed by atoms with Crippen molar-refractivity contribution >= 4 is 5.91 Å². The molecule has 4 nitrogen and oxygen atoms in total. The molecule has 3 rings (SSSR count). The molecule has 0 spiro atoms. The highest BCUT2D eigenvalue weighted by atomic mass is 16.5. The van der Waals surface area contributed by atoms with E-state index in [2.05, 4.69) is 17.4 Å². The average Bonchev–Trinajstić information content (AvgIpc) is 2.95. The van der Waals surface area contributed by atoms with E-state index in [0.717, 1.165) is 12.8 Å². The molecular formula is C18H19NO3. The molecule has 114 valence electrons. The van der Waals surface area contributed by atoms with Crippen molar-refractivity contribution in [2.45, 2.75) is 18.9 Å². The molecule has 1 aliphatic rings. The van der Waals surface area contributed by atoms with Gasteiger partial charge in [-0.15, -0.1) is 0 Å². The third-order valence-corrected chi connectivity index (χ3v) is 4.03. The second-order valence-electron chi connectivity index (χ2n) is 5.39. The summed E-state index contributed by atoms with van der Waals surface area (Å²) in [5.41, 5.74) is 3.12. The van der Waals surface area contributed by atoms with Gasteiger partial charge in [0.1, 0.15) is 0 Å². The zero-order chi connectivity index (χ0) is 15.5. The monoisotopic (exact) mass is 297 g/mol. The van der Waals surface area contributed by atoms with Crippen LogP contribution in [0.1, 0.15) is 21.5 Å². The largest absolute Gasteiger partial charge is 0.493 e. The molecule has 4 heteroatoms. The van der Waals surface area contributed by atoms with Gasteiger partial charge in [0, 0.05) is 6.04 Å². The van der Waals surface area contributed by atoms with Crippen LogP contribution < -0.4 is 14.8 Å². The van der Waals surface area contributed by atoms with Gasteiger partial charge in [0.15, 0.2) is 11.5 Å². The minimum atomic E-state index is -0.131. The number of ether oxygens (including phenoxy) is 2. The van der Waals surface area contributed by atoms with E-state index in [4.69, 9.17) is 9.47 Å². The molecule has 0 aliphatic heterocycles. The standard InChI is InChI=1S/C18H19NO3/c1-21-16-9-5-8-15(17(16)22-2)18(20)19-14-10-12-6-3-4-7-13(12)11-14/h3-9,14H,10-11H2,1-2H3,(H,19,20). The van der Waals surface area contributed by atoms with E-state index in [1.165, 1.54) is 11.1 Å². The number of benzene rings is 2. The highest BCUT2D eigenvalue weighted by molar-refractivity contribution is 5.98. The van der Waals surface area contributed by atoms with Gasteiger partial charge in [-0.25, -0.2) is 0 Å². The van der Waals surface area contributed by atoms with Crippen molar-refractivity contribution < 1.29 is 14.3 Å². The number of rotatable bonds is 4. The highest BCUT2D eigenvalue weighted by Crippen LogP contribution is 2.31. The molecule has 2 aromatic rings. The maximum atomic E-state index is 12.6. The van der Waals surface area contributed by atoms with Crippen molar-refractivity contribution in [3.05, 3.63) is 59.2 Å². The van der Waals surface area contributed by atoms with E-state index >= 15 is 0 Å². The molecule has 2 aromatic carbocycles. The quantitative estimate of drug-likeness (QED) is 0.943. The van der Waals surface area contributed by atoms with Crippen LogP contribution >= 0.6 is 0 Å². The molecule has 0 radical (unpaired) electrons. The Labute approximate surface area is 130 Å². The fourth-order valence-corrected chi connectivity index (χ4v) is 2.99. The Morgan fingerprint density at radius 3 is 2.27 bits per heavy atom. The van der Waals surface area contributed by atoms with Gasteiger partial charge >= 0.3 is 0 Å². The molecule has 0 saturated carbocycles. The molecule has 0 saturated heterocycles. The molecule has 0 bridgehead atoms. The zero-order valence-electron chi connectivity index (χ0n) is 12.8. The van der Waals surface area contributed by atoms with Crippen LogP contribution in [-0.4, -0.2) is 26.2 Å². The van der Waals surface area contributed by atoms with Crippen LogP contribution in [0.5, 0.6) is 11.5 Å². The SMILES string of the molecule is COc1cccc(C(=O)NC2Cc3ccccc3C2)c1OC. The van der Waals surface area contributed by atoms with Crippen LogP contribution in [0, 0.1) is 0 Å². The summed E-state index contributed by atoms with van der Waals surface area (Å²) in [6.07, 6.45) is 1.74. The summed E-state index contributed by atoms with van der Waals surface area (Å²) < 4.78 is 10.6. The Balaban J connectivity index is 1.76. The second-order valence-corrected chi connectivity index (χ2v) is 5.39. The predicted octanol–water partition coefficient (Wildman–Crippen LogP) is 2.60. The number of hydrogen-bond donors (Lipinski definition) is 1. The molecule has 0 atom stereocenters. The Morgan fingerprint density at radius 1 is 1.00 bits per heavy atom. The van der Waals surface area contributed by atoms with E-state index in [1.807, 2.05) is 12.1 Å². The maximum Gasteiger partial charge on any atom is 0.255 e. The minimum Gasteiger partial charge on any atom is -0.493 e. The van der Waals surface area contributed by atoms with Crippen LogP contribution in [0.3, 0.4) is 0 Å². The number of methoxy groups -OCH3 is 2. The Morgan fingerprint density at radius 2 is 1.68 bits per heavy atom. The highest BCUT2D eigenvalue weighted by Gasteiger charge is 2.24. The van der Waals surface area contributed by atoms with Crippen LogP contribution in [0.2, 0.25) is 0 Å². The van der Waals surface area contributed by atoms with E-state index in [1.54, 1.807) is 32.4 Å². The van der Waals surface area contributed by atoms with E-state index in [0.29, 0.717) is 17.1 Å². The molecule has 0 heterocycles. The summed E-state index contributed by atoms with van der Waals surface area (Å²) in [6, 6.07) is 13.8. The molecule has 1 aliphatic carbocycles. The lowest BCUT2D eigenvalue weighted by atomic mass is 10.1. The number of fused-ring (bicyclic) bond motifs is 1. The number of para-hydroxylation sites is 1. The second kappa shape index (κ2) is 6.10. The normalized spacial score (nSPS) is 13.5. The number of carbonyl (C=O) groups is 1. The van der Waals surface area contributed by atoms with Crippen molar-refractivity contribution in [1.29, 1.82) is 0 Å². The van der Waals surface area contributed by atoms with E-state index < -0.39 is 0 Å². The lowest BCUT2D eigenvalue weighted by Crippen LogP contribution is -2.35. The first-order valence-electron chi connectivity index (χ1n) is 7.31. The average molecular weight is 297 g/mol. The summed E-state index contributed by atoms with van der Waals surface area (Å²) in [4.78, 5) is 12.6. The number of carbonyl (C=O) groups excluding carboxylic acids is 1. The fourth-order valence-electron chi connectivity index (χ4n) is 2.99. The first-order valence-corrected chi connectivity index (χ1v) is 7.31. The van der Waals surface area contributed by atoms with Crippen molar-refractivity contribution in [3.8, 4) is 11.5 Å². The van der Waals surface area contributed by atoms with Gasteiger partial charge in [-0.1, -0.05) is 30.3 Å². The van der Waals surface area contributed by atoms with Crippen molar-refractivity contribution in [3.63, 3.8) is 0 Å². The topological polar surface area (TPSA) is 47.6 Å². The molecule has 0 aromatic heterocycles. The van der Waals surface area contributed by atoms with Gasteiger partial charge in [0.25, 0.3) is 5.91 Å². The maximum absolute atomic E-state index is 12.6. The molecule has 1 amide bonds. The summed E-state index contributed by atoms with van der Waals surface area (Å²) in [7, 11) is 3.10. The summed E-state index contributed by atoms with van der Waals surface area (Å²) in [6.45, 7) is 0. The molecular weight excluding hydrogens is 278 g/mol. The lowest BCUT2D eigenvalue weighted by molar-refractivity contribution is 0.0935. The first-order chi connectivity index (χ1) is 10.7. The first kappa shape index (κ1) is 14.4. The van der Waals surface area contributed by atoms with E-state index in [9.17, 15) is 4.79 Å².